The van der Waals surface area contributed by atoms with Crippen LogP contribution in [0.2, 0.25) is 0 Å². The third-order valence-electron chi connectivity index (χ3n) is 1.95. The standard InChI is InChI=1S/C11H12O2/c1-4-8(2)9-5-6-11(13-3)10(12)7-9/h1,5-8,12H,2-3H3. The van der Waals surface area contributed by atoms with Crippen molar-refractivity contribution in [2.45, 2.75) is 12.8 Å². The third-order valence-corrected chi connectivity index (χ3v) is 1.95. The molecule has 1 rings (SSSR count). The fourth-order valence-electron chi connectivity index (χ4n) is 1.07. The van der Waals surface area contributed by atoms with Gasteiger partial charge in [0.1, 0.15) is 0 Å². The van der Waals surface area contributed by atoms with Gasteiger partial charge < -0.3 is 9.84 Å². The number of benzene rings is 1. The number of phenols is 1. The van der Waals surface area contributed by atoms with Crippen molar-refractivity contribution in [2.24, 2.45) is 0 Å². The minimum atomic E-state index is 0.0109. The molecular weight excluding hydrogens is 164 g/mol. The Bertz CT molecular complexity index is 336. The molecule has 0 aromatic heterocycles. The molecule has 0 fully saturated rings. The first-order valence-electron chi connectivity index (χ1n) is 4.02. The van der Waals surface area contributed by atoms with E-state index in [0.717, 1.165) is 5.56 Å². The highest BCUT2D eigenvalue weighted by atomic mass is 16.5. The lowest BCUT2D eigenvalue weighted by Crippen LogP contribution is -1.90. The van der Waals surface area contributed by atoms with Gasteiger partial charge in [0.05, 0.1) is 7.11 Å². The molecule has 68 valence electrons. The minimum Gasteiger partial charge on any atom is -0.504 e. The number of rotatable bonds is 2. The van der Waals surface area contributed by atoms with Gasteiger partial charge in [-0.3, -0.25) is 0 Å². The number of hydrogen-bond acceptors (Lipinski definition) is 2. The molecule has 0 saturated heterocycles. The van der Waals surface area contributed by atoms with Gasteiger partial charge in [-0.05, 0) is 24.6 Å². The largest absolute Gasteiger partial charge is 0.504 e. The van der Waals surface area contributed by atoms with E-state index < -0.39 is 0 Å². The summed E-state index contributed by atoms with van der Waals surface area (Å²) in [7, 11) is 1.51. The quantitative estimate of drug-likeness (QED) is 0.699. The van der Waals surface area contributed by atoms with Crippen LogP contribution in [0.5, 0.6) is 11.5 Å². The molecule has 1 atom stereocenters. The van der Waals surface area contributed by atoms with Gasteiger partial charge in [0.2, 0.25) is 0 Å². The summed E-state index contributed by atoms with van der Waals surface area (Å²) in [4.78, 5) is 0. The first-order valence-corrected chi connectivity index (χ1v) is 4.02. The highest BCUT2D eigenvalue weighted by Gasteiger charge is 2.05. The van der Waals surface area contributed by atoms with Gasteiger partial charge in [0, 0.05) is 5.92 Å². The Labute approximate surface area is 78.2 Å². The first-order chi connectivity index (χ1) is 6.19. The van der Waals surface area contributed by atoms with Gasteiger partial charge in [-0.25, -0.2) is 0 Å². The minimum absolute atomic E-state index is 0.0109. The molecule has 0 aliphatic rings. The molecule has 0 aliphatic heterocycles. The highest BCUT2D eigenvalue weighted by molar-refractivity contribution is 5.43. The van der Waals surface area contributed by atoms with Gasteiger partial charge in [0.25, 0.3) is 0 Å². The maximum Gasteiger partial charge on any atom is 0.160 e. The second-order valence-corrected chi connectivity index (χ2v) is 2.82. The van der Waals surface area contributed by atoms with Gasteiger partial charge >= 0.3 is 0 Å². The molecule has 1 aromatic rings. The first kappa shape index (κ1) is 9.47. The monoisotopic (exact) mass is 176 g/mol. The lowest BCUT2D eigenvalue weighted by Gasteiger charge is -2.07. The van der Waals surface area contributed by atoms with E-state index in [1.807, 2.05) is 13.0 Å². The number of aromatic hydroxyl groups is 1. The maximum absolute atomic E-state index is 9.44. The Morgan fingerprint density at radius 1 is 1.54 bits per heavy atom. The average molecular weight is 176 g/mol. The molecule has 1 N–H and O–H groups in total. The van der Waals surface area contributed by atoms with Crippen LogP contribution < -0.4 is 4.74 Å². The summed E-state index contributed by atoms with van der Waals surface area (Å²) in [5.74, 6) is 3.20. The number of hydrogen-bond donors (Lipinski definition) is 1. The molecule has 0 heterocycles. The van der Waals surface area contributed by atoms with Gasteiger partial charge in [-0.1, -0.05) is 12.0 Å². The fraction of sp³-hybridized carbons (Fsp3) is 0.273. The van der Waals surface area contributed by atoms with E-state index in [2.05, 4.69) is 5.92 Å². The van der Waals surface area contributed by atoms with Crippen LogP contribution in [0.15, 0.2) is 18.2 Å². The summed E-state index contributed by atoms with van der Waals surface area (Å²) >= 11 is 0. The molecule has 2 nitrogen and oxygen atoms in total. The van der Waals surface area contributed by atoms with E-state index in [1.165, 1.54) is 7.11 Å². The number of phenolic OH excluding ortho intramolecular Hbond substituents is 1. The molecule has 0 spiro atoms. The fourth-order valence-corrected chi connectivity index (χ4v) is 1.07. The third kappa shape index (κ3) is 1.94. The van der Waals surface area contributed by atoms with Gasteiger partial charge in [0.15, 0.2) is 11.5 Å². The summed E-state index contributed by atoms with van der Waals surface area (Å²) in [6, 6.07) is 5.19. The van der Waals surface area contributed by atoms with Crippen LogP contribution in [0.3, 0.4) is 0 Å². The maximum atomic E-state index is 9.44. The normalized spacial score (nSPS) is 11.8. The van der Waals surface area contributed by atoms with Crippen LogP contribution in [0.25, 0.3) is 0 Å². The zero-order valence-electron chi connectivity index (χ0n) is 7.74. The zero-order valence-corrected chi connectivity index (χ0v) is 7.74. The summed E-state index contributed by atoms with van der Waals surface area (Å²) in [6.07, 6.45) is 5.26. The molecule has 0 amide bonds. The topological polar surface area (TPSA) is 29.5 Å². The lowest BCUT2D eigenvalue weighted by molar-refractivity contribution is 0.373. The zero-order chi connectivity index (χ0) is 9.84. The Kier molecular flexibility index (Phi) is 2.81. The van der Waals surface area contributed by atoms with Crippen molar-refractivity contribution in [1.29, 1.82) is 0 Å². The predicted molar refractivity (Wildman–Crippen MR) is 51.9 cm³/mol. The average Bonchev–Trinajstić information content (AvgIpc) is 2.16. The molecule has 2 heteroatoms. The number of terminal acetylenes is 1. The highest BCUT2D eigenvalue weighted by Crippen LogP contribution is 2.28. The smallest absolute Gasteiger partial charge is 0.160 e. The van der Waals surface area contributed by atoms with Crippen LogP contribution in [0, 0.1) is 12.3 Å². The van der Waals surface area contributed by atoms with E-state index in [0.29, 0.717) is 5.75 Å². The van der Waals surface area contributed by atoms with Crippen molar-refractivity contribution in [3.8, 4) is 23.8 Å². The van der Waals surface area contributed by atoms with Crippen LogP contribution in [-0.4, -0.2) is 12.2 Å². The number of ether oxygens (including phenoxy) is 1. The van der Waals surface area contributed by atoms with Crippen molar-refractivity contribution in [2.75, 3.05) is 7.11 Å². The van der Waals surface area contributed by atoms with E-state index in [1.54, 1.807) is 12.1 Å². The van der Waals surface area contributed by atoms with Crippen LogP contribution in [0.1, 0.15) is 18.4 Å². The Hall–Kier alpha value is -1.62. The summed E-state index contributed by atoms with van der Waals surface area (Å²) in [5.41, 5.74) is 0.917. The van der Waals surface area contributed by atoms with Gasteiger partial charge in [-0.15, -0.1) is 6.42 Å². The molecule has 13 heavy (non-hydrogen) atoms. The Balaban J connectivity index is 3.04. The molecule has 1 unspecified atom stereocenters. The second-order valence-electron chi connectivity index (χ2n) is 2.82. The Morgan fingerprint density at radius 3 is 2.69 bits per heavy atom. The molecule has 0 aliphatic carbocycles. The predicted octanol–water partition coefficient (Wildman–Crippen LogP) is 2.14. The van der Waals surface area contributed by atoms with Crippen LogP contribution in [0.4, 0.5) is 0 Å². The van der Waals surface area contributed by atoms with Crippen molar-refractivity contribution in [3.63, 3.8) is 0 Å². The van der Waals surface area contributed by atoms with E-state index in [-0.39, 0.29) is 11.7 Å². The Morgan fingerprint density at radius 2 is 2.23 bits per heavy atom. The molecule has 0 bridgehead atoms. The van der Waals surface area contributed by atoms with Crippen molar-refractivity contribution >= 4 is 0 Å². The summed E-state index contributed by atoms with van der Waals surface area (Å²) in [6.45, 7) is 1.90. The van der Waals surface area contributed by atoms with Gasteiger partial charge in [-0.2, -0.15) is 0 Å². The number of methoxy groups -OCH3 is 1. The van der Waals surface area contributed by atoms with Crippen LogP contribution >= 0.6 is 0 Å². The summed E-state index contributed by atoms with van der Waals surface area (Å²) < 4.78 is 4.91. The van der Waals surface area contributed by atoms with Crippen molar-refractivity contribution < 1.29 is 9.84 Å². The lowest BCUT2D eigenvalue weighted by atomic mass is 10.0. The van der Waals surface area contributed by atoms with Crippen molar-refractivity contribution in [1.82, 2.24) is 0 Å². The van der Waals surface area contributed by atoms with Crippen molar-refractivity contribution in [3.05, 3.63) is 23.8 Å². The van der Waals surface area contributed by atoms with E-state index in [9.17, 15) is 5.11 Å². The van der Waals surface area contributed by atoms with E-state index >= 15 is 0 Å². The van der Waals surface area contributed by atoms with Crippen LogP contribution in [-0.2, 0) is 0 Å². The molecule has 0 saturated carbocycles. The SMILES string of the molecule is C#CC(C)c1ccc(OC)c(O)c1. The molecular formula is C11H12O2. The second kappa shape index (κ2) is 3.86. The van der Waals surface area contributed by atoms with E-state index in [4.69, 9.17) is 11.2 Å². The molecule has 1 aromatic carbocycles. The summed E-state index contributed by atoms with van der Waals surface area (Å²) in [5, 5.41) is 9.44. The molecule has 0 radical (unpaired) electrons.